The minimum atomic E-state index is -0.484. The van der Waals surface area contributed by atoms with E-state index in [1.807, 2.05) is 12.1 Å². The fourth-order valence-electron chi connectivity index (χ4n) is 0.867. The van der Waals surface area contributed by atoms with Gasteiger partial charge in [-0.15, -0.1) is 0 Å². The summed E-state index contributed by atoms with van der Waals surface area (Å²) in [6, 6.07) is 7.31. The molecule has 1 radical (unpaired) electrons. The van der Waals surface area contributed by atoms with Crippen LogP contribution in [0.2, 0.25) is 0 Å². The van der Waals surface area contributed by atoms with Crippen LogP contribution in [0.25, 0.3) is 0 Å². The lowest BCUT2D eigenvalue weighted by Gasteiger charge is -2.14. The van der Waals surface area contributed by atoms with Gasteiger partial charge in [-0.2, -0.15) is 0 Å². The summed E-state index contributed by atoms with van der Waals surface area (Å²) in [6.45, 7) is 0. The van der Waals surface area contributed by atoms with E-state index in [1.165, 1.54) is 4.90 Å². The van der Waals surface area contributed by atoms with E-state index in [1.54, 1.807) is 19.2 Å². The molecule has 0 saturated heterocycles. The Morgan fingerprint density at radius 1 is 1.46 bits per heavy atom. The van der Waals surface area contributed by atoms with Gasteiger partial charge in [0.15, 0.2) is 0 Å². The van der Waals surface area contributed by atoms with Crippen molar-refractivity contribution in [3.05, 3.63) is 35.8 Å². The summed E-state index contributed by atoms with van der Waals surface area (Å²) in [4.78, 5) is 12.4. The van der Waals surface area contributed by atoms with Gasteiger partial charge in [0.05, 0.1) is 0 Å². The zero-order valence-electron chi connectivity index (χ0n) is 7.16. The highest BCUT2D eigenvalue weighted by molar-refractivity contribution is 9.10. The lowest BCUT2D eigenvalue weighted by Crippen LogP contribution is -2.25. The van der Waals surface area contributed by atoms with E-state index in [0.29, 0.717) is 0 Å². The molecule has 1 amide bonds. The van der Waals surface area contributed by atoms with Crippen molar-refractivity contribution in [3.63, 3.8) is 0 Å². The SMILES string of the molecule is [CH2]OC(=O)N(C)c1ccc(Br)cc1. The Bertz CT molecular complexity index is 297. The second-order valence-electron chi connectivity index (χ2n) is 2.45. The van der Waals surface area contributed by atoms with Gasteiger partial charge in [0.2, 0.25) is 0 Å². The topological polar surface area (TPSA) is 29.5 Å². The van der Waals surface area contributed by atoms with Crippen LogP contribution in [0.15, 0.2) is 28.7 Å². The summed E-state index contributed by atoms with van der Waals surface area (Å²) in [5, 5.41) is 0. The number of anilines is 1. The lowest BCUT2D eigenvalue weighted by molar-refractivity contribution is 0.192. The van der Waals surface area contributed by atoms with Crippen molar-refractivity contribution < 1.29 is 9.53 Å². The molecule has 4 heteroatoms. The molecular weight excluding hydrogens is 234 g/mol. The van der Waals surface area contributed by atoms with Gasteiger partial charge in [0, 0.05) is 17.2 Å². The number of halogens is 1. The van der Waals surface area contributed by atoms with Crippen LogP contribution in [0, 0.1) is 7.11 Å². The summed E-state index contributed by atoms with van der Waals surface area (Å²) < 4.78 is 5.29. The number of ether oxygens (including phenoxy) is 1. The van der Waals surface area contributed by atoms with Crippen LogP contribution in [0.4, 0.5) is 10.5 Å². The summed E-state index contributed by atoms with van der Waals surface area (Å²) in [6.07, 6.45) is -0.484. The van der Waals surface area contributed by atoms with Crippen LogP contribution in [-0.2, 0) is 4.74 Å². The van der Waals surface area contributed by atoms with Crippen LogP contribution in [0.1, 0.15) is 0 Å². The molecule has 0 saturated carbocycles. The molecule has 0 fully saturated rings. The van der Waals surface area contributed by atoms with E-state index >= 15 is 0 Å². The average Bonchev–Trinajstić information content (AvgIpc) is 2.17. The molecule has 0 unspecified atom stereocenters. The highest BCUT2D eigenvalue weighted by Crippen LogP contribution is 2.17. The van der Waals surface area contributed by atoms with E-state index < -0.39 is 6.09 Å². The fourth-order valence-corrected chi connectivity index (χ4v) is 1.13. The maximum Gasteiger partial charge on any atom is 0.414 e. The average molecular weight is 243 g/mol. The molecule has 1 aromatic rings. The maximum absolute atomic E-state index is 11.0. The van der Waals surface area contributed by atoms with Gasteiger partial charge in [-0.3, -0.25) is 4.90 Å². The zero-order chi connectivity index (χ0) is 9.84. The van der Waals surface area contributed by atoms with Crippen molar-refractivity contribution in [3.8, 4) is 0 Å². The molecule has 0 aliphatic heterocycles. The fraction of sp³-hybridized carbons (Fsp3) is 0.111. The molecule has 13 heavy (non-hydrogen) atoms. The first-order chi connectivity index (χ1) is 6.15. The third-order valence-electron chi connectivity index (χ3n) is 1.61. The van der Waals surface area contributed by atoms with Crippen molar-refractivity contribution in [1.29, 1.82) is 0 Å². The predicted molar refractivity (Wildman–Crippen MR) is 54.4 cm³/mol. The summed E-state index contributed by atoms with van der Waals surface area (Å²) >= 11 is 3.30. The normalized spacial score (nSPS) is 9.46. The molecular formula is C9H9BrNO2. The first kappa shape index (κ1) is 10.1. The molecule has 3 nitrogen and oxygen atoms in total. The van der Waals surface area contributed by atoms with Gasteiger partial charge < -0.3 is 4.74 Å². The highest BCUT2D eigenvalue weighted by atomic mass is 79.9. The van der Waals surface area contributed by atoms with Crippen molar-refractivity contribution in [2.75, 3.05) is 11.9 Å². The Morgan fingerprint density at radius 2 is 2.00 bits per heavy atom. The minimum absolute atomic E-state index is 0.484. The third-order valence-corrected chi connectivity index (χ3v) is 2.14. The molecule has 0 aliphatic carbocycles. The van der Waals surface area contributed by atoms with E-state index in [-0.39, 0.29) is 0 Å². The Kier molecular flexibility index (Phi) is 3.31. The molecule has 69 valence electrons. The van der Waals surface area contributed by atoms with Gasteiger partial charge in [0.25, 0.3) is 0 Å². The van der Waals surface area contributed by atoms with E-state index in [9.17, 15) is 4.79 Å². The Balaban J connectivity index is 2.83. The number of nitrogens with zero attached hydrogens (tertiary/aromatic N) is 1. The van der Waals surface area contributed by atoms with Crippen molar-refractivity contribution in [1.82, 2.24) is 0 Å². The smallest absolute Gasteiger partial charge is 0.414 e. The highest BCUT2D eigenvalue weighted by Gasteiger charge is 2.09. The lowest BCUT2D eigenvalue weighted by atomic mass is 10.3. The molecule has 0 heterocycles. The van der Waals surface area contributed by atoms with Gasteiger partial charge in [-0.05, 0) is 24.3 Å². The predicted octanol–water partition coefficient (Wildman–Crippen LogP) is 2.81. The van der Waals surface area contributed by atoms with Crippen LogP contribution in [0.3, 0.4) is 0 Å². The Hall–Kier alpha value is -1.03. The second kappa shape index (κ2) is 4.28. The molecule has 0 spiro atoms. The minimum Gasteiger partial charge on any atom is -0.446 e. The maximum atomic E-state index is 11.0. The van der Waals surface area contributed by atoms with Crippen molar-refractivity contribution in [2.24, 2.45) is 0 Å². The van der Waals surface area contributed by atoms with Crippen molar-refractivity contribution in [2.45, 2.75) is 0 Å². The number of carbonyl (C=O) groups is 1. The van der Waals surface area contributed by atoms with Crippen LogP contribution < -0.4 is 4.90 Å². The van der Waals surface area contributed by atoms with Gasteiger partial charge in [-0.25, -0.2) is 4.79 Å². The van der Waals surface area contributed by atoms with Crippen molar-refractivity contribution >= 4 is 27.7 Å². The molecule has 0 aliphatic rings. The van der Waals surface area contributed by atoms with E-state index in [2.05, 4.69) is 27.8 Å². The second-order valence-corrected chi connectivity index (χ2v) is 3.36. The van der Waals surface area contributed by atoms with Crippen LogP contribution in [-0.4, -0.2) is 13.1 Å². The molecule has 1 aromatic carbocycles. The first-order valence-corrected chi connectivity index (χ1v) is 4.39. The summed E-state index contributed by atoms with van der Waals surface area (Å²) in [5.41, 5.74) is 0.761. The standard InChI is InChI=1S/C9H9BrNO2/c1-11(9(12)13-2)8-5-3-7(10)4-6-8/h3-6H,2H2,1H3. The van der Waals surface area contributed by atoms with Gasteiger partial charge >= 0.3 is 6.09 Å². The molecule has 1 rings (SSSR count). The van der Waals surface area contributed by atoms with E-state index in [0.717, 1.165) is 10.2 Å². The number of hydrogen-bond donors (Lipinski definition) is 0. The monoisotopic (exact) mass is 242 g/mol. The quantitative estimate of drug-likeness (QED) is 0.758. The first-order valence-electron chi connectivity index (χ1n) is 3.60. The largest absolute Gasteiger partial charge is 0.446 e. The molecule has 0 N–H and O–H groups in total. The van der Waals surface area contributed by atoms with E-state index in [4.69, 9.17) is 0 Å². The number of rotatable bonds is 1. The number of hydrogen-bond acceptors (Lipinski definition) is 2. The van der Waals surface area contributed by atoms with Gasteiger partial charge in [-0.1, -0.05) is 15.9 Å². The van der Waals surface area contributed by atoms with Crippen LogP contribution >= 0.6 is 15.9 Å². The molecule has 0 bridgehead atoms. The van der Waals surface area contributed by atoms with Crippen LogP contribution in [0.5, 0.6) is 0 Å². The molecule has 0 atom stereocenters. The zero-order valence-corrected chi connectivity index (χ0v) is 8.74. The third kappa shape index (κ3) is 2.45. The summed E-state index contributed by atoms with van der Waals surface area (Å²) in [5.74, 6) is 0. The number of carbonyl (C=O) groups excluding carboxylic acids is 1. The Morgan fingerprint density at radius 3 is 2.46 bits per heavy atom. The van der Waals surface area contributed by atoms with Gasteiger partial charge in [0.1, 0.15) is 7.11 Å². The molecule has 0 aromatic heterocycles. The number of benzene rings is 1. The number of amides is 1. The Labute approximate surface area is 85.4 Å². The summed E-state index contributed by atoms with van der Waals surface area (Å²) in [7, 11) is 4.67.